The highest BCUT2D eigenvalue weighted by atomic mass is 16.7. The molecule has 2 atom stereocenters. The molecule has 2 unspecified atom stereocenters. The van der Waals surface area contributed by atoms with E-state index in [4.69, 9.17) is 9.47 Å². The van der Waals surface area contributed by atoms with Gasteiger partial charge >= 0.3 is 0 Å². The van der Waals surface area contributed by atoms with Gasteiger partial charge in [0.2, 0.25) is 5.91 Å². The smallest absolute Gasteiger partial charge is 0.237 e. The van der Waals surface area contributed by atoms with Gasteiger partial charge in [0.25, 0.3) is 0 Å². The fraction of sp³-hybridized carbons (Fsp3) is 0.923. The molecule has 1 amide bonds. The third-order valence-electron chi connectivity index (χ3n) is 3.62. The van der Waals surface area contributed by atoms with Gasteiger partial charge in [-0.3, -0.25) is 4.79 Å². The predicted octanol–water partition coefficient (Wildman–Crippen LogP) is 0.644. The zero-order valence-corrected chi connectivity index (χ0v) is 11.3. The van der Waals surface area contributed by atoms with Crippen LogP contribution in [0.4, 0.5) is 0 Å². The summed E-state index contributed by atoms with van der Waals surface area (Å²) in [6.45, 7) is 7.05. The summed E-state index contributed by atoms with van der Waals surface area (Å²) in [5, 5.41) is 6.20. The highest BCUT2D eigenvalue weighted by Crippen LogP contribution is 2.26. The lowest BCUT2D eigenvalue weighted by Crippen LogP contribution is -2.42. The molecule has 5 heteroatoms. The van der Waals surface area contributed by atoms with Crippen LogP contribution in [0.5, 0.6) is 0 Å². The van der Waals surface area contributed by atoms with Crippen molar-refractivity contribution in [3.05, 3.63) is 0 Å². The average Bonchev–Trinajstić information content (AvgIpc) is 2.97. The van der Waals surface area contributed by atoms with Crippen LogP contribution < -0.4 is 10.6 Å². The minimum absolute atomic E-state index is 0.00627. The molecule has 2 N–H and O–H groups in total. The maximum atomic E-state index is 11.8. The van der Waals surface area contributed by atoms with E-state index >= 15 is 0 Å². The normalized spacial score (nSPS) is 28.2. The largest absolute Gasteiger partial charge is 0.354 e. The molecule has 2 fully saturated rings. The molecule has 18 heavy (non-hydrogen) atoms. The Morgan fingerprint density at radius 2 is 2.22 bits per heavy atom. The zero-order valence-electron chi connectivity index (χ0n) is 11.3. The molecule has 104 valence electrons. The van der Waals surface area contributed by atoms with Gasteiger partial charge < -0.3 is 20.1 Å². The van der Waals surface area contributed by atoms with E-state index in [1.807, 2.05) is 6.92 Å². The molecule has 0 bridgehead atoms. The molecule has 2 aliphatic rings. The van der Waals surface area contributed by atoms with Crippen molar-refractivity contribution in [1.82, 2.24) is 10.6 Å². The van der Waals surface area contributed by atoms with Crippen LogP contribution in [0.3, 0.4) is 0 Å². The van der Waals surface area contributed by atoms with Crippen LogP contribution >= 0.6 is 0 Å². The van der Waals surface area contributed by atoms with Crippen molar-refractivity contribution in [1.29, 1.82) is 0 Å². The van der Waals surface area contributed by atoms with Crippen LogP contribution in [0.1, 0.15) is 33.1 Å². The number of hydrogen-bond donors (Lipinski definition) is 2. The van der Waals surface area contributed by atoms with Crippen molar-refractivity contribution >= 4 is 5.91 Å². The number of rotatable bonds is 5. The first kappa shape index (κ1) is 13.8. The van der Waals surface area contributed by atoms with Crippen LogP contribution in [0.25, 0.3) is 0 Å². The Morgan fingerprint density at radius 1 is 1.50 bits per heavy atom. The van der Waals surface area contributed by atoms with Crippen molar-refractivity contribution in [2.45, 2.75) is 44.9 Å². The van der Waals surface area contributed by atoms with Gasteiger partial charge in [0.05, 0.1) is 19.3 Å². The minimum atomic E-state index is -0.463. The van der Waals surface area contributed by atoms with Gasteiger partial charge in [0.15, 0.2) is 5.79 Å². The van der Waals surface area contributed by atoms with Gasteiger partial charge in [0.1, 0.15) is 0 Å². The van der Waals surface area contributed by atoms with Crippen LogP contribution in [-0.2, 0) is 14.3 Å². The average molecular weight is 256 g/mol. The third-order valence-corrected chi connectivity index (χ3v) is 3.62. The van der Waals surface area contributed by atoms with Crippen molar-refractivity contribution < 1.29 is 14.3 Å². The summed E-state index contributed by atoms with van der Waals surface area (Å²) < 4.78 is 11.1. The standard InChI is InChI=1S/C13H24N2O3/c1-10(8-13(2)17-6-7-18-13)9-15-12(16)11-4-3-5-14-11/h10-11,14H,3-9H2,1-2H3,(H,15,16). The fourth-order valence-electron chi connectivity index (χ4n) is 2.69. The predicted molar refractivity (Wildman–Crippen MR) is 68.1 cm³/mol. The lowest BCUT2D eigenvalue weighted by molar-refractivity contribution is -0.154. The first-order chi connectivity index (χ1) is 8.59. The summed E-state index contributed by atoms with van der Waals surface area (Å²) >= 11 is 0. The number of nitrogens with one attached hydrogen (secondary N) is 2. The van der Waals surface area contributed by atoms with E-state index in [-0.39, 0.29) is 11.9 Å². The number of carbonyl (C=O) groups excluding carboxylic acids is 1. The number of hydrogen-bond acceptors (Lipinski definition) is 4. The Morgan fingerprint density at radius 3 is 2.83 bits per heavy atom. The molecular formula is C13H24N2O3. The maximum absolute atomic E-state index is 11.8. The summed E-state index contributed by atoms with van der Waals surface area (Å²) in [6, 6.07) is 0.00627. The SMILES string of the molecule is CC(CNC(=O)C1CCCN1)CC1(C)OCCO1. The molecule has 0 spiro atoms. The van der Waals surface area contributed by atoms with E-state index in [0.717, 1.165) is 25.8 Å². The Hall–Kier alpha value is -0.650. The van der Waals surface area contributed by atoms with Crippen LogP contribution in [0.2, 0.25) is 0 Å². The second kappa shape index (κ2) is 5.99. The van der Waals surface area contributed by atoms with Gasteiger partial charge in [-0.1, -0.05) is 6.92 Å². The lowest BCUT2D eigenvalue weighted by atomic mass is 10.0. The second-order valence-corrected chi connectivity index (χ2v) is 5.53. The Balaban J connectivity index is 1.67. The molecule has 0 saturated carbocycles. The molecule has 5 nitrogen and oxygen atoms in total. The summed E-state index contributed by atoms with van der Waals surface area (Å²) in [4.78, 5) is 11.8. The number of carbonyl (C=O) groups is 1. The molecule has 2 aliphatic heterocycles. The zero-order chi connectivity index (χ0) is 13.0. The van der Waals surface area contributed by atoms with Crippen molar-refractivity contribution in [2.75, 3.05) is 26.3 Å². The van der Waals surface area contributed by atoms with Crippen molar-refractivity contribution in [3.63, 3.8) is 0 Å². The topological polar surface area (TPSA) is 59.6 Å². The molecular weight excluding hydrogens is 232 g/mol. The lowest BCUT2D eigenvalue weighted by Gasteiger charge is -2.26. The molecule has 0 aromatic carbocycles. The van der Waals surface area contributed by atoms with Gasteiger partial charge in [-0.25, -0.2) is 0 Å². The van der Waals surface area contributed by atoms with Crippen LogP contribution in [0, 0.1) is 5.92 Å². The second-order valence-electron chi connectivity index (χ2n) is 5.53. The minimum Gasteiger partial charge on any atom is -0.354 e. The van der Waals surface area contributed by atoms with Gasteiger partial charge in [-0.2, -0.15) is 0 Å². The Kier molecular flexibility index (Phi) is 4.59. The van der Waals surface area contributed by atoms with Crippen molar-refractivity contribution in [2.24, 2.45) is 5.92 Å². The van der Waals surface area contributed by atoms with E-state index < -0.39 is 5.79 Å². The first-order valence-corrected chi connectivity index (χ1v) is 6.88. The Bertz CT molecular complexity index is 284. The van der Waals surface area contributed by atoms with E-state index in [0.29, 0.717) is 25.7 Å². The molecule has 0 aliphatic carbocycles. The quantitative estimate of drug-likeness (QED) is 0.758. The van der Waals surface area contributed by atoms with Gasteiger partial charge in [-0.05, 0) is 32.2 Å². The van der Waals surface area contributed by atoms with E-state index in [1.165, 1.54) is 0 Å². The summed E-state index contributed by atoms with van der Waals surface area (Å²) in [7, 11) is 0. The summed E-state index contributed by atoms with van der Waals surface area (Å²) in [6.07, 6.45) is 2.85. The first-order valence-electron chi connectivity index (χ1n) is 6.88. The van der Waals surface area contributed by atoms with Crippen LogP contribution in [0.15, 0.2) is 0 Å². The highest BCUT2D eigenvalue weighted by Gasteiger charge is 2.32. The summed E-state index contributed by atoms with van der Waals surface area (Å²) in [5.41, 5.74) is 0. The van der Waals surface area contributed by atoms with Crippen molar-refractivity contribution in [3.8, 4) is 0 Å². The Labute approximate surface area is 109 Å². The summed E-state index contributed by atoms with van der Waals surface area (Å²) in [5.74, 6) is 0.00617. The molecule has 0 aromatic heterocycles. The van der Waals surface area contributed by atoms with Crippen LogP contribution in [-0.4, -0.2) is 44.0 Å². The van der Waals surface area contributed by atoms with E-state index in [2.05, 4.69) is 17.6 Å². The molecule has 0 aromatic rings. The fourth-order valence-corrected chi connectivity index (χ4v) is 2.69. The highest BCUT2D eigenvalue weighted by molar-refractivity contribution is 5.81. The molecule has 0 radical (unpaired) electrons. The monoisotopic (exact) mass is 256 g/mol. The third kappa shape index (κ3) is 3.67. The van der Waals surface area contributed by atoms with E-state index in [1.54, 1.807) is 0 Å². The van der Waals surface area contributed by atoms with E-state index in [9.17, 15) is 4.79 Å². The van der Waals surface area contributed by atoms with Gasteiger partial charge in [-0.15, -0.1) is 0 Å². The molecule has 2 heterocycles. The molecule has 2 rings (SSSR count). The number of amides is 1. The van der Waals surface area contributed by atoms with Gasteiger partial charge in [0, 0.05) is 13.0 Å². The maximum Gasteiger partial charge on any atom is 0.237 e. The molecule has 2 saturated heterocycles. The number of ether oxygens (including phenoxy) is 2.